The van der Waals surface area contributed by atoms with Gasteiger partial charge >= 0.3 is 0 Å². The van der Waals surface area contributed by atoms with E-state index in [1.165, 1.54) is 14.2 Å². The van der Waals surface area contributed by atoms with Crippen LogP contribution in [0.5, 0.6) is 0 Å². The third kappa shape index (κ3) is 2.05. The molecular formula is C8H16O6. The molecule has 0 aliphatic carbocycles. The standard InChI is InChI=1S/C8H16O6/c1-12-7-5(10)4(3-9)14-8(13-2)6(7)11/h4-11H,3H2,1-2H3/t4?,5-,6+,7?,8-/m1/s1. The predicted octanol–water partition coefficient (Wildman–Crippen LogP) is -1.91. The van der Waals surface area contributed by atoms with E-state index in [2.05, 4.69) is 0 Å². The normalized spacial score (nSPS) is 43.9. The number of methoxy groups -OCH3 is 2. The van der Waals surface area contributed by atoms with Crippen LogP contribution in [-0.2, 0) is 14.2 Å². The molecule has 1 rings (SSSR count). The lowest BCUT2D eigenvalue weighted by Crippen LogP contribution is -2.59. The van der Waals surface area contributed by atoms with Crippen molar-refractivity contribution in [2.24, 2.45) is 0 Å². The predicted molar refractivity (Wildman–Crippen MR) is 45.6 cm³/mol. The molecule has 0 amide bonds. The van der Waals surface area contributed by atoms with Gasteiger partial charge in [-0.3, -0.25) is 0 Å². The Balaban J connectivity index is 2.72. The molecule has 1 heterocycles. The molecule has 0 radical (unpaired) electrons. The average Bonchev–Trinajstić information content (AvgIpc) is 2.19. The Kier molecular flexibility index (Phi) is 4.24. The van der Waals surface area contributed by atoms with E-state index in [1.54, 1.807) is 0 Å². The number of aliphatic hydroxyl groups excluding tert-OH is 3. The van der Waals surface area contributed by atoms with Crippen LogP contribution in [-0.4, -0.2) is 66.9 Å². The highest BCUT2D eigenvalue weighted by atomic mass is 16.7. The molecule has 6 heteroatoms. The first-order valence-corrected chi connectivity index (χ1v) is 4.33. The molecule has 1 saturated heterocycles. The molecule has 84 valence electrons. The van der Waals surface area contributed by atoms with Crippen molar-refractivity contribution in [3.63, 3.8) is 0 Å². The van der Waals surface area contributed by atoms with Crippen molar-refractivity contribution in [3.8, 4) is 0 Å². The van der Waals surface area contributed by atoms with Crippen LogP contribution in [0.15, 0.2) is 0 Å². The lowest BCUT2D eigenvalue weighted by molar-refractivity contribution is -0.298. The Bertz CT molecular complexity index is 159. The number of hydrogen-bond donors (Lipinski definition) is 3. The van der Waals surface area contributed by atoms with Gasteiger partial charge in [0.1, 0.15) is 24.4 Å². The molecule has 3 N–H and O–H groups in total. The average molecular weight is 208 g/mol. The summed E-state index contributed by atoms with van der Waals surface area (Å²) >= 11 is 0. The van der Waals surface area contributed by atoms with Crippen LogP contribution < -0.4 is 0 Å². The number of rotatable bonds is 3. The number of ether oxygens (including phenoxy) is 3. The van der Waals surface area contributed by atoms with E-state index >= 15 is 0 Å². The van der Waals surface area contributed by atoms with Crippen molar-refractivity contribution in [2.45, 2.75) is 30.7 Å². The molecule has 0 aromatic rings. The Morgan fingerprint density at radius 3 is 2.21 bits per heavy atom. The minimum absolute atomic E-state index is 0.354. The van der Waals surface area contributed by atoms with Crippen molar-refractivity contribution in [2.75, 3.05) is 20.8 Å². The quantitative estimate of drug-likeness (QED) is 0.501. The van der Waals surface area contributed by atoms with Crippen LogP contribution in [0.2, 0.25) is 0 Å². The zero-order valence-electron chi connectivity index (χ0n) is 8.16. The Morgan fingerprint density at radius 2 is 1.79 bits per heavy atom. The van der Waals surface area contributed by atoms with Gasteiger partial charge in [-0.2, -0.15) is 0 Å². The van der Waals surface area contributed by atoms with E-state index in [-0.39, 0.29) is 6.61 Å². The summed E-state index contributed by atoms with van der Waals surface area (Å²) in [5, 5.41) is 28.1. The van der Waals surface area contributed by atoms with Gasteiger partial charge in [0.15, 0.2) is 6.29 Å². The summed E-state index contributed by atoms with van der Waals surface area (Å²) < 4.78 is 14.8. The molecule has 0 aromatic carbocycles. The summed E-state index contributed by atoms with van der Waals surface area (Å²) in [6.45, 7) is -0.354. The zero-order chi connectivity index (χ0) is 10.7. The molecular weight excluding hydrogens is 192 g/mol. The van der Waals surface area contributed by atoms with E-state index in [0.717, 1.165) is 0 Å². The highest BCUT2D eigenvalue weighted by Gasteiger charge is 2.44. The molecule has 1 aliphatic rings. The van der Waals surface area contributed by atoms with Gasteiger partial charge in [0.25, 0.3) is 0 Å². The first-order chi connectivity index (χ1) is 6.65. The topological polar surface area (TPSA) is 88.4 Å². The third-order valence-electron chi connectivity index (χ3n) is 2.33. The summed E-state index contributed by atoms with van der Waals surface area (Å²) in [5.41, 5.74) is 0. The van der Waals surface area contributed by atoms with E-state index in [4.69, 9.17) is 19.3 Å². The largest absolute Gasteiger partial charge is 0.394 e. The summed E-state index contributed by atoms with van der Waals surface area (Å²) in [5.74, 6) is 0. The van der Waals surface area contributed by atoms with Gasteiger partial charge in [-0.1, -0.05) is 0 Å². The maximum Gasteiger partial charge on any atom is 0.186 e. The minimum Gasteiger partial charge on any atom is -0.394 e. The van der Waals surface area contributed by atoms with Crippen LogP contribution >= 0.6 is 0 Å². The second kappa shape index (κ2) is 5.01. The highest BCUT2D eigenvalue weighted by molar-refractivity contribution is 4.89. The van der Waals surface area contributed by atoms with Crippen molar-refractivity contribution >= 4 is 0 Å². The molecule has 5 atom stereocenters. The lowest BCUT2D eigenvalue weighted by Gasteiger charge is -2.40. The van der Waals surface area contributed by atoms with Gasteiger partial charge in [0, 0.05) is 14.2 Å². The molecule has 1 fully saturated rings. The molecule has 14 heavy (non-hydrogen) atoms. The first kappa shape index (κ1) is 11.8. The zero-order valence-corrected chi connectivity index (χ0v) is 8.16. The van der Waals surface area contributed by atoms with Crippen molar-refractivity contribution in [3.05, 3.63) is 0 Å². The summed E-state index contributed by atoms with van der Waals surface area (Å²) in [6, 6.07) is 0. The molecule has 6 nitrogen and oxygen atoms in total. The third-order valence-corrected chi connectivity index (χ3v) is 2.33. The van der Waals surface area contributed by atoms with Crippen molar-refractivity contribution < 1.29 is 29.5 Å². The Morgan fingerprint density at radius 1 is 1.14 bits per heavy atom. The number of aliphatic hydroxyl groups is 3. The van der Waals surface area contributed by atoms with Crippen molar-refractivity contribution in [1.29, 1.82) is 0 Å². The van der Waals surface area contributed by atoms with Crippen LogP contribution in [0.1, 0.15) is 0 Å². The fourth-order valence-electron chi connectivity index (χ4n) is 1.53. The Hall–Kier alpha value is -0.240. The lowest BCUT2D eigenvalue weighted by atomic mass is 9.99. The fourth-order valence-corrected chi connectivity index (χ4v) is 1.53. The van der Waals surface area contributed by atoms with Gasteiger partial charge in [-0.05, 0) is 0 Å². The monoisotopic (exact) mass is 208 g/mol. The van der Waals surface area contributed by atoms with Gasteiger partial charge in [0.05, 0.1) is 6.61 Å². The second-order valence-corrected chi connectivity index (χ2v) is 3.14. The SMILES string of the molecule is COC1[C@H](O)C(CO)O[C@@H](OC)[C@H]1O. The van der Waals surface area contributed by atoms with Crippen LogP contribution in [0, 0.1) is 0 Å². The first-order valence-electron chi connectivity index (χ1n) is 4.33. The van der Waals surface area contributed by atoms with Crippen LogP contribution in [0.25, 0.3) is 0 Å². The van der Waals surface area contributed by atoms with E-state index < -0.39 is 30.7 Å². The summed E-state index contributed by atoms with van der Waals surface area (Å²) in [4.78, 5) is 0. The highest BCUT2D eigenvalue weighted by Crippen LogP contribution is 2.23. The van der Waals surface area contributed by atoms with Gasteiger partial charge in [-0.25, -0.2) is 0 Å². The van der Waals surface area contributed by atoms with Crippen LogP contribution in [0.4, 0.5) is 0 Å². The van der Waals surface area contributed by atoms with Gasteiger partial charge in [-0.15, -0.1) is 0 Å². The molecule has 2 unspecified atom stereocenters. The van der Waals surface area contributed by atoms with E-state index in [0.29, 0.717) is 0 Å². The molecule has 0 saturated carbocycles. The van der Waals surface area contributed by atoms with E-state index in [1.807, 2.05) is 0 Å². The Labute approximate surface area is 82.0 Å². The maximum atomic E-state index is 9.60. The van der Waals surface area contributed by atoms with E-state index in [9.17, 15) is 10.2 Å². The van der Waals surface area contributed by atoms with Gasteiger partial charge < -0.3 is 29.5 Å². The van der Waals surface area contributed by atoms with Gasteiger partial charge in [0.2, 0.25) is 0 Å². The molecule has 0 aromatic heterocycles. The minimum atomic E-state index is -1.07. The maximum absolute atomic E-state index is 9.60. The summed E-state index contributed by atoms with van der Waals surface area (Å²) in [7, 11) is 2.73. The van der Waals surface area contributed by atoms with Crippen molar-refractivity contribution in [1.82, 2.24) is 0 Å². The van der Waals surface area contributed by atoms with Crippen LogP contribution in [0.3, 0.4) is 0 Å². The smallest absolute Gasteiger partial charge is 0.186 e. The second-order valence-electron chi connectivity index (χ2n) is 3.14. The molecule has 0 bridgehead atoms. The molecule has 0 spiro atoms. The molecule has 1 aliphatic heterocycles. The fraction of sp³-hybridized carbons (Fsp3) is 1.00. The number of hydrogen-bond acceptors (Lipinski definition) is 6. The summed E-state index contributed by atoms with van der Waals surface area (Å²) in [6.07, 6.45) is -4.63.